The molecule has 2 rings (SSSR count). The second kappa shape index (κ2) is 4.81. The number of hydrogen-bond acceptors (Lipinski definition) is 3. The van der Waals surface area contributed by atoms with Gasteiger partial charge < -0.3 is 10.2 Å². The number of hydrogen-bond donors (Lipinski definition) is 1. The first-order valence-corrected chi connectivity index (χ1v) is 6.32. The molecule has 2 saturated heterocycles. The molecule has 0 aromatic carbocycles. The second-order valence-electron chi connectivity index (χ2n) is 5.29. The molecule has 1 N–H and O–H groups in total. The standard InChI is InChI=1S/C12H25N3/c1-10(13-2)8-15-7-6-11-4-5-12(9-15)14(11)3/h10-13H,4-9H2,1-3H3. The highest BCUT2D eigenvalue weighted by atomic mass is 15.3. The number of likely N-dealkylation sites (tertiary alicyclic amines) is 1. The topological polar surface area (TPSA) is 18.5 Å². The minimum atomic E-state index is 0.618. The van der Waals surface area contributed by atoms with Crippen molar-refractivity contribution >= 4 is 0 Å². The number of nitrogens with one attached hydrogen (secondary N) is 1. The van der Waals surface area contributed by atoms with E-state index in [0.717, 1.165) is 12.1 Å². The zero-order valence-electron chi connectivity index (χ0n) is 10.4. The van der Waals surface area contributed by atoms with Gasteiger partial charge in [0.25, 0.3) is 0 Å². The third-order valence-corrected chi connectivity index (χ3v) is 4.26. The predicted octanol–water partition coefficient (Wildman–Crippen LogP) is 0.763. The average Bonchev–Trinajstić information content (AvgIpc) is 2.46. The summed E-state index contributed by atoms with van der Waals surface area (Å²) >= 11 is 0. The molecule has 2 aliphatic heterocycles. The molecule has 15 heavy (non-hydrogen) atoms. The first-order chi connectivity index (χ1) is 7.20. The summed E-state index contributed by atoms with van der Waals surface area (Å²) in [4.78, 5) is 5.26. The summed E-state index contributed by atoms with van der Waals surface area (Å²) < 4.78 is 0. The van der Waals surface area contributed by atoms with Crippen LogP contribution >= 0.6 is 0 Å². The van der Waals surface area contributed by atoms with Gasteiger partial charge >= 0.3 is 0 Å². The van der Waals surface area contributed by atoms with Crippen molar-refractivity contribution in [3.8, 4) is 0 Å². The van der Waals surface area contributed by atoms with Gasteiger partial charge in [-0.15, -0.1) is 0 Å². The van der Waals surface area contributed by atoms with Crippen LogP contribution in [0.2, 0.25) is 0 Å². The molecule has 2 aliphatic rings. The van der Waals surface area contributed by atoms with Crippen molar-refractivity contribution in [3.05, 3.63) is 0 Å². The van der Waals surface area contributed by atoms with Gasteiger partial charge in [0.15, 0.2) is 0 Å². The first kappa shape index (κ1) is 11.4. The zero-order valence-corrected chi connectivity index (χ0v) is 10.4. The molecule has 0 aromatic heterocycles. The van der Waals surface area contributed by atoms with Gasteiger partial charge in [-0.2, -0.15) is 0 Å². The molecule has 3 nitrogen and oxygen atoms in total. The summed E-state index contributed by atoms with van der Waals surface area (Å²) in [6.07, 6.45) is 4.20. The van der Waals surface area contributed by atoms with Crippen LogP contribution in [0, 0.1) is 0 Å². The van der Waals surface area contributed by atoms with Crippen molar-refractivity contribution in [2.24, 2.45) is 0 Å². The Morgan fingerprint density at radius 2 is 2.00 bits per heavy atom. The van der Waals surface area contributed by atoms with Crippen molar-refractivity contribution in [2.75, 3.05) is 33.7 Å². The highest BCUT2D eigenvalue weighted by Gasteiger charge is 2.34. The van der Waals surface area contributed by atoms with Gasteiger partial charge in [-0.25, -0.2) is 0 Å². The van der Waals surface area contributed by atoms with Crippen molar-refractivity contribution in [1.29, 1.82) is 0 Å². The lowest BCUT2D eigenvalue weighted by Gasteiger charge is -2.27. The summed E-state index contributed by atoms with van der Waals surface area (Å²) in [7, 11) is 4.37. The Kier molecular flexibility index (Phi) is 3.65. The van der Waals surface area contributed by atoms with Gasteiger partial charge in [0.2, 0.25) is 0 Å². The predicted molar refractivity (Wildman–Crippen MR) is 64.2 cm³/mol. The molecule has 0 spiro atoms. The molecule has 3 atom stereocenters. The molecule has 3 unspecified atom stereocenters. The number of likely N-dealkylation sites (N-methyl/N-ethyl adjacent to an activating group) is 2. The monoisotopic (exact) mass is 211 g/mol. The van der Waals surface area contributed by atoms with Crippen LogP contribution in [0.1, 0.15) is 26.2 Å². The number of nitrogens with zero attached hydrogens (tertiary/aromatic N) is 2. The van der Waals surface area contributed by atoms with E-state index in [0.29, 0.717) is 6.04 Å². The Balaban J connectivity index is 1.89. The summed E-state index contributed by atoms with van der Waals surface area (Å²) in [5, 5.41) is 3.33. The second-order valence-corrected chi connectivity index (χ2v) is 5.29. The van der Waals surface area contributed by atoms with Gasteiger partial charge in [0, 0.05) is 31.2 Å². The lowest BCUT2D eigenvalue weighted by molar-refractivity contribution is 0.209. The molecular weight excluding hydrogens is 186 g/mol. The molecule has 0 amide bonds. The lowest BCUT2D eigenvalue weighted by atomic mass is 10.1. The Morgan fingerprint density at radius 3 is 2.73 bits per heavy atom. The van der Waals surface area contributed by atoms with Crippen LogP contribution in [0.25, 0.3) is 0 Å². The normalized spacial score (nSPS) is 35.4. The Morgan fingerprint density at radius 1 is 1.27 bits per heavy atom. The van der Waals surface area contributed by atoms with Crippen LogP contribution in [-0.4, -0.2) is 61.7 Å². The Labute approximate surface area is 93.8 Å². The third kappa shape index (κ3) is 2.52. The van der Waals surface area contributed by atoms with E-state index in [1.807, 2.05) is 0 Å². The van der Waals surface area contributed by atoms with Crippen molar-refractivity contribution in [1.82, 2.24) is 15.1 Å². The van der Waals surface area contributed by atoms with Crippen LogP contribution in [0.15, 0.2) is 0 Å². The minimum absolute atomic E-state index is 0.618. The summed E-state index contributed by atoms with van der Waals surface area (Å²) in [5.74, 6) is 0. The van der Waals surface area contributed by atoms with Crippen molar-refractivity contribution in [3.63, 3.8) is 0 Å². The van der Waals surface area contributed by atoms with Crippen LogP contribution in [-0.2, 0) is 0 Å². The molecule has 2 heterocycles. The molecular formula is C12H25N3. The largest absolute Gasteiger partial charge is 0.316 e. The van der Waals surface area contributed by atoms with E-state index in [1.165, 1.54) is 38.9 Å². The fourth-order valence-corrected chi connectivity index (χ4v) is 3.02. The summed E-state index contributed by atoms with van der Waals surface area (Å²) in [6.45, 7) is 6.04. The van der Waals surface area contributed by atoms with Crippen molar-refractivity contribution < 1.29 is 0 Å². The molecule has 3 heteroatoms. The Hall–Kier alpha value is -0.120. The van der Waals surface area contributed by atoms with Gasteiger partial charge in [-0.3, -0.25) is 4.90 Å². The van der Waals surface area contributed by atoms with E-state index >= 15 is 0 Å². The third-order valence-electron chi connectivity index (χ3n) is 4.26. The zero-order chi connectivity index (χ0) is 10.8. The number of fused-ring (bicyclic) bond motifs is 2. The van der Waals surface area contributed by atoms with Crippen molar-refractivity contribution in [2.45, 2.75) is 44.3 Å². The summed E-state index contributed by atoms with van der Waals surface area (Å²) in [6, 6.07) is 2.30. The van der Waals surface area contributed by atoms with Gasteiger partial charge in [-0.1, -0.05) is 0 Å². The molecule has 0 aromatic rings. The smallest absolute Gasteiger partial charge is 0.0223 e. The van der Waals surface area contributed by atoms with Gasteiger partial charge in [-0.05, 0) is 46.8 Å². The molecule has 0 saturated carbocycles. The van der Waals surface area contributed by atoms with Gasteiger partial charge in [0.1, 0.15) is 0 Å². The van der Waals surface area contributed by atoms with Crippen LogP contribution in [0.5, 0.6) is 0 Å². The van der Waals surface area contributed by atoms with Gasteiger partial charge in [0.05, 0.1) is 0 Å². The highest BCUT2D eigenvalue weighted by Crippen LogP contribution is 2.28. The average molecular weight is 211 g/mol. The maximum Gasteiger partial charge on any atom is 0.0223 e. The molecule has 2 bridgehead atoms. The maximum absolute atomic E-state index is 3.33. The van der Waals surface area contributed by atoms with E-state index in [2.05, 4.69) is 36.1 Å². The van der Waals surface area contributed by atoms with E-state index in [4.69, 9.17) is 0 Å². The van der Waals surface area contributed by atoms with Crippen LogP contribution in [0.4, 0.5) is 0 Å². The minimum Gasteiger partial charge on any atom is -0.316 e. The van der Waals surface area contributed by atoms with E-state index < -0.39 is 0 Å². The highest BCUT2D eigenvalue weighted by molar-refractivity contribution is 4.91. The number of rotatable bonds is 3. The van der Waals surface area contributed by atoms with Crippen LogP contribution in [0.3, 0.4) is 0 Å². The molecule has 2 fully saturated rings. The fourth-order valence-electron chi connectivity index (χ4n) is 3.02. The summed E-state index contributed by atoms with van der Waals surface area (Å²) in [5.41, 5.74) is 0. The van der Waals surface area contributed by atoms with Crippen LogP contribution < -0.4 is 5.32 Å². The lowest BCUT2D eigenvalue weighted by Crippen LogP contribution is -2.42. The molecule has 0 aliphatic carbocycles. The van der Waals surface area contributed by atoms with E-state index in [1.54, 1.807) is 0 Å². The molecule has 88 valence electrons. The Bertz CT molecular complexity index is 207. The SMILES string of the molecule is CNC(C)CN1CCC2CCC(C1)N2C. The molecule has 0 radical (unpaired) electrons. The maximum atomic E-state index is 3.33. The van der Waals surface area contributed by atoms with E-state index in [9.17, 15) is 0 Å². The van der Waals surface area contributed by atoms with E-state index in [-0.39, 0.29) is 0 Å². The fraction of sp³-hybridized carbons (Fsp3) is 1.00. The quantitative estimate of drug-likeness (QED) is 0.743. The first-order valence-electron chi connectivity index (χ1n) is 6.32.